The number of thioether (sulfide) groups is 1. The number of nitrogens with zero attached hydrogens (tertiary/aromatic N) is 3. The quantitative estimate of drug-likeness (QED) is 0.573. The molecule has 1 aromatic heterocycles. The second-order valence-corrected chi connectivity index (χ2v) is 8.24. The van der Waals surface area contributed by atoms with Crippen LogP contribution in [0.4, 0.5) is 0 Å². The average Bonchev–Trinajstić information content (AvgIpc) is 3.06. The number of hydrogen-bond acceptors (Lipinski definition) is 4. The van der Waals surface area contributed by atoms with Gasteiger partial charge >= 0.3 is 0 Å². The molecule has 1 aliphatic rings. The summed E-state index contributed by atoms with van der Waals surface area (Å²) in [7, 11) is 0. The van der Waals surface area contributed by atoms with Crippen molar-refractivity contribution >= 4 is 17.7 Å². The van der Waals surface area contributed by atoms with Crippen molar-refractivity contribution in [3.8, 4) is 11.4 Å². The first-order chi connectivity index (χ1) is 13.1. The van der Waals surface area contributed by atoms with E-state index in [9.17, 15) is 4.79 Å². The highest BCUT2D eigenvalue weighted by atomic mass is 32.2. The Bertz CT molecular complexity index is 784. The van der Waals surface area contributed by atoms with Gasteiger partial charge in [0, 0.05) is 18.2 Å². The largest absolute Gasteiger partial charge is 0.352 e. The first-order valence-corrected chi connectivity index (χ1v) is 10.6. The van der Waals surface area contributed by atoms with Gasteiger partial charge in [0.2, 0.25) is 5.91 Å². The van der Waals surface area contributed by atoms with Crippen molar-refractivity contribution < 1.29 is 4.79 Å². The second kappa shape index (κ2) is 9.22. The Hall–Kier alpha value is -2.08. The summed E-state index contributed by atoms with van der Waals surface area (Å²) in [6.45, 7) is 8.74. The number of nitrogens with one attached hydrogen (secondary N) is 1. The van der Waals surface area contributed by atoms with Crippen molar-refractivity contribution in [3.63, 3.8) is 0 Å². The van der Waals surface area contributed by atoms with Crippen LogP contribution in [0.3, 0.4) is 0 Å². The van der Waals surface area contributed by atoms with E-state index >= 15 is 0 Å². The number of carbonyl (C=O) groups is 1. The summed E-state index contributed by atoms with van der Waals surface area (Å²) in [5, 5.41) is 12.6. The predicted molar refractivity (Wildman–Crippen MR) is 111 cm³/mol. The van der Waals surface area contributed by atoms with E-state index in [2.05, 4.69) is 48.1 Å². The molecule has 0 aliphatic heterocycles. The van der Waals surface area contributed by atoms with Gasteiger partial charge in [0.25, 0.3) is 0 Å². The van der Waals surface area contributed by atoms with Crippen LogP contribution in [0.1, 0.15) is 38.2 Å². The second-order valence-electron chi connectivity index (χ2n) is 7.30. The van der Waals surface area contributed by atoms with Crippen LogP contribution in [0.15, 0.2) is 42.1 Å². The van der Waals surface area contributed by atoms with Gasteiger partial charge in [-0.2, -0.15) is 0 Å². The van der Waals surface area contributed by atoms with Gasteiger partial charge in [-0.15, -0.1) is 16.8 Å². The molecule has 0 radical (unpaired) electrons. The Balaban J connectivity index is 1.66. The molecule has 144 valence electrons. The van der Waals surface area contributed by atoms with Crippen LogP contribution < -0.4 is 5.32 Å². The minimum atomic E-state index is 0.0730. The lowest BCUT2D eigenvalue weighted by Gasteiger charge is -2.29. The zero-order valence-corrected chi connectivity index (χ0v) is 17.0. The van der Waals surface area contributed by atoms with Crippen LogP contribution in [0, 0.1) is 12.8 Å². The Kier molecular flexibility index (Phi) is 6.72. The van der Waals surface area contributed by atoms with Gasteiger partial charge < -0.3 is 5.32 Å². The van der Waals surface area contributed by atoms with Gasteiger partial charge in [-0.25, -0.2) is 0 Å². The highest BCUT2D eigenvalue weighted by Crippen LogP contribution is 2.26. The number of benzene rings is 1. The summed E-state index contributed by atoms with van der Waals surface area (Å²) in [6.07, 6.45) is 6.59. The normalized spacial score (nSPS) is 19.6. The van der Waals surface area contributed by atoms with Crippen LogP contribution in [0.25, 0.3) is 11.4 Å². The maximum Gasteiger partial charge on any atom is 0.230 e. The van der Waals surface area contributed by atoms with Crippen molar-refractivity contribution in [1.29, 1.82) is 0 Å². The van der Waals surface area contributed by atoms with Gasteiger partial charge in [0.1, 0.15) is 0 Å². The molecular formula is C21H28N4OS. The third-order valence-corrected chi connectivity index (χ3v) is 6.10. The number of allylic oxidation sites excluding steroid dienone is 1. The lowest BCUT2D eigenvalue weighted by atomic mass is 9.86. The summed E-state index contributed by atoms with van der Waals surface area (Å²) in [5.74, 6) is 1.79. The van der Waals surface area contributed by atoms with Crippen LogP contribution in [-0.2, 0) is 11.3 Å². The first kappa shape index (κ1) is 19.7. The molecule has 6 heteroatoms. The molecule has 0 saturated heterocycles. The molecule has 1 aromatic carbocycles. The molecule has 2 atom stereocenters. The summed E-state index contributed by atoms with van der Waals surface area (Å²) in [5.41, 5.74) is 2.22. The number of carbonyl (C=O) groups excluding carboxylic acids is 1. The standard InChI is InChI=1S/C21H28N4OS/c1-4-13-25-20(17-11-9-15(2)10-12-17)23-24-21(25)27-14-19(26)22-18-8-6-5-7-16(18)3/h4,9-12,16,18H,1,5-8,13-14H2,2-3H3,(H,22,26)/t16-,18-/m0/s1. The predicted octanol–water partition coefficient (Wildman–Crippen LogP) is 4.23. The molecule has 1 aliphatic carbocycles. The molecule has 0 unspecified atom stereocenters. The minimum Gasteiger partial charge on any atom is -0.352 e. The number of rotatable bonds is 7. The summed E-state index contributed by atoms with van der Waals surface area (Å²) >= 11 is 1.43. The molecule has 1 fully saturated rings. The maximum atomic E-state index is 12.4. The van der Waals surface area contributed by atoms with E-state index in [4.69, 9.17) is 0 Å². The lowest BCUT2D eigenvalue weighted by Crippen LogP contribution is -2.41. The van der Waals surface area contributed by atoms with Crippen molar-refractivity contribution in [2.75, 3.05) is 5.75 Å². The zero-order valence-electron chi connectivity index (χ0n) is 16.1. The Morgan fingerprint density at radius 1 is 1.30 bits per heavy atom. The van der Waals surface area contributed by atoms with Crippen molar-refractivity contribution in [1.82, 2.24) is 20.1 Å². The smallest absolute Gasteiger partial charge is 0.230 e. The van der Waals surface area contributed by atoms with Gasteiger partial charge in [0.05, 0.1) is 5.75 Å². The van der Waals surface area contributed by atoms with Gasteiger partial charge in [-0.3, -0.25) is 9.36 Å². The molecule has 5 nitrogen and oxygen atoms in total. The summed E-state index contributed by atoms with van der Waals surface area (Å²) in [4.78, 5) is 12.4. The Morgan fingerprint density at radius 3 is 2.74 bits per heavy atom. The highest BCUT2D eigenvalue weighted by Gasteiger charge is 2.23. The van der Waals surface area contributed by atoms with E-state index < -0.39 is 0 Å². The van der Waals surface area contributed by atoms with E-state index in [0.29, 0.717) is 24.3 Å². The molecule has 2 aromatic rings. The molecule has 0 spiro atoms. The fourth-order valence-corrected chi connectivity index (χ4v) is 4.27. The summed E-state index contributed by atoms with van der Waals surface area (Å²) < 4.78 is 2.01. The molecule has 1 amide bonds. The van der Waals surface area contributed by atoms with Gasteiger partial charge in [-0.05, 0) is 25.7 Å². The van der Waals surface area contributed by atoms with Crippen molar-refractivity contribution in [3.05, 3.63) is 42.5 Å². The first-order valence-electron chi connectivity index (χ1n) is 9.61. The van der Waals surface area contributed by atoms with E-state index in [1.54, 1.807) is 0 Å². The topological polar surface area (TPSA) is 59.8 Å². The summed E-state index contributed by atoms with van der Waals surface area (Å²) in [6, 6.07) is 8.53. The van der Waals surface area contributed by atoms with E-state index in [1.807, 2.05) is 22.8 Å². The van der Waals surface area contributed by atoms with Crippen molar-refractivity contribution in [2.45, 2.75) is 57.3 Å². The minimum absolute atomic E-state index is 0.0730. The van der Waals surface area contributed by atoms with Crippen molar-refractivity contribution in [2.24, 2.45) is 5.92 Å². The number of hydrogen-bond donors (Lipinski definition) is 1. The molecule has 0 bridgehead atoms. The maximum absolute atomic E-state index is 12.4. The Morgan fingerprint density at radius 2 is 2.04 bits per heavy atom. The fourth-order valence-electron chi connectivity index (χ4n) is 3.51. The Labute approximate surface area is 165 Å². The average molecular weight is 385 g/mol. The zero-order chi connectivity index (χ0) is 19.2. The van der Waals surface area contributed by atoms with E-state index in [1.165, 1.54) is 36.6 Å². The molecular weight excluding hydrogens is 356 g/mol. The van der Waals surface area contributed by atoms with E-state index in [0.717, 1.165) is 23.0 Å². The molecule has 27 heavy (non-hydrogen) atoms. The number of aryl methyl sites for hydroxylation is 1. The van der Waals surface area contributed by atoms with Crippen LogP contribution >= 0.6 is 11.8 Å². The lowest BCUT2D eigenvalue weighted by molar-refractivity contribution is -0.119. The molecule has 3 rings (SSSR count). The fraction of sp³-hybridized carbons (Fsp3) is 0.476. The van der Waals surface area contributed by atoms with E-state index in [-0.39, 0.29) is 5.91 Å². The molecule has 1 heterocycles. The number of aromatic nitrogens is 3. The monoisotopic (exact) mass is 384 g/mol. The molecule has 1 saturated carbocycles. The van der Waals surface area contributed by atoms with Gasteiger partial charge in [0.15, 0.2) is 11.0 Å². The van der Waals surface area contributed by atoms with Crippen LogP contribution in [0.2, 0.25) is 0 Å². The molecule has 1 N–H and O–H groups in total. The highest BCUT2D eigenvalue weighted by molar-refractivity contribution is 7.99. The third-order valence-electron chi connectivity index (χ3n) is 5.13. The SMILES string of the molecule is C=CCn1c(SCC(=O)N[C@H]2CCCC[C@@H]2C)nnc1-c1ccc(C)cc1. The van der Waals surface area contributed by atoms with Crippen LogP contribution in [0.5, 0.6) is 0 Å². The third kappa shape index (κ3) is 5.01. The van der Waals surface area contributed by atoms with Gasteiger partial charge in [-0.1, -0.05) is 67.4 Å². The number of amides is 1. The van der Waals surface area contributed by atoms with Crippen LogP contribution in [-0.4, -0.2) is 32.5 Å².